The molecule has 1 N–H and O–H groups in total. The van der Waals surface area contributed by atoms with Crippen LogP contribution in [0.1, 0.15) is 34.8 Å². The SMILES string of the molecule is C=C[C@@H](CNS(=O)(=O)c1ccc(C)cc1)[C@H]1CCN2C(=O)S[C@H](c3cc(-c4ccc(Oc5ccccc5)cc4)nc4ccc(C)cc34)[C@@H]2C1. The molecule has 7 nitrogen and oxygen atoms in total. The second kappa shape index (κ2) is 13.8. The van der Waals surface area contributed by atoms with E-state index in [0.29, 0.717) is 6.54 Å². The van der Waals surface area contributed by atoms with E-state index in [9.17, 15) is 13.2 Å². The molecule has 1 amide bonds. The Balaban J connectivity index is 1.16. The molecule has 9 heteroatoms. The van der Waals surface area contributed by atoms with Crippen LogP contribution in [-0.4, -0.2) is 42.7 Å². The summed E-state index contributed by atoms with van der Waals surface area (Å²) in [6.07, 6.45) is 3.41. The first-order chi connectivity index (χ1) is 23.7. The van der Waals surface area contributed by atoms with Crippen LogP contribution < -0.4 is 9.46 Å². The highest BCUT2D eigenvalue weighted by Crippen LogP contribution is 2.51. The summed E-state index contributed by atoms with van der Waals surface area (Å²) in [5.41, 5.74) is 5.91. The molecule has 4 aromatic carbocycles. The van der Waals surface area contributed by atoms with Gasteiger partial charge in [-0.25, -0.2) is 18.1 Å². The number of para-hydroxylation sites is 1. The fraction of sp³-hybridized carbons (Fsp3) is 0.250. The van der Waals surface area contributed by atoms with Gasteiger partial charge in [-0.15, -0.1) is 6.58 Å². The zero-order valence-corrected chi connectivity index (χ0v) is 29.2. The monoisotopic (exact) mass is 689 g/mol. The number of hydrogen-bond donors (Lipinski definition) is 1. The molecule has 2 aliphatic heterocycles. The van der Waals surface area contributed by atoms with Gasteiger partial charge in [0.2, 0.25) is 10.0 Å². The number of carbonyl (C=O) groups is 1. The molecule has 3 heterocycles. The minimum atomic E-state index is -3.66. The van der Waals surface area contributed by atoms with Crippen molar-refractivity contribution in [2.45, 2.75) is 42.9 Å². The first kappa shape index (κ1) is 33.1. The van der Waals surface area contributed by atoms with Gasteiger partial charge in [-0.05, 0) is 111 Å². The van der Waals surface area contributed by atoms with Crippen molar-refractivity contribution in [1.29, 1.82) is 0 Å². The van der Waals surface area contributed by atoms with Gasteiger partial charge in [-0.2, -0.15) is 0 Å². The van der Waals surface area contributed by atoms with Gasteiger partial charge in [0.15, 0.2) is 0 Å². The predicted molar refractivity (Wildman–Crippen MR) is 197 cm³/mol. The number of nitrogens with zero attached hydrogens (tertiary/aromatic N) is 2. The maximum Gasteiger partial charge on any atom is 0.282 e. The summed E-state index contributed by atoms with van der Waals surface area (Å²) in [6, 6.07) is 32.9. The summed E-state index contributed by atoms with van der Waals surface area (Å²) in [7, 11) is -3.66. The molecule has 5 aromatic rings. The second-order valence-corrected chi connectivity index (χ2v) is 15.8. The highest BCUT2D eigenvalue weighted by atomic mass is 32.2. The first-order valence-electron chi connectivity index (χ1n) is 16.6. The van der Waals surface area contributed by atoms with Gasteiger partial charge in [0.05, 0.1) is 21.4 Å². The van der Waals surface area contributed by atoms with Crippen LogP contribution in [0.3, 0.4) is 0 Å². The van der Waals surface area contributed by atoms with E-state index in [1.165, 1.54) is 11.8 Å². The van der Waals surface area contributed by atoms with Crippen molar-refractivity contribution in [3.8, 4) is 22.8 Å². The molecular weight excluding hydrogens is 651 g/mol. The van der Waals surface area contributed by atoms with Crippen LogP contribution in [0.2, 0.25) is 0 Å². The molecule has 2 aliphatic rings. The van der Waals surface area contributed by atoms with Crippen molar-refractivity contribution in [2.24, 2.45) is 11.8 Å². The van der Waals surface area contributed by atoms with Gasteiger partial charge in [0.1, 0.15) is 11.5 Å². The highest BCUT2D eigenvalue weighted by molar-refractivity contribution is 8.14. The average Bonchev–Trinajstić information content (AvgIpc) is 3.44. The number of aryl methyl sites for hydroxylation is 2. The Labute approximate surface area is 292 Å². The Morgan fingerprint density at radius 1 is 0.959 bits per heavy atom. The molecule has 0 radical (unpaired) electrons. The quantitative estimate of drug-likeness (QED) is 0.147. The fourth-order valence-corrected chi connectivity index (χ4v) is 9.36. The molecular formula is C40H39N3O4S2. The van der Waals surface area contributed by atoms with Crippen LogP contribution in [0.4, 0.5) is 4.79 Å². The molecule has 0 unspecified atom stereocenters. The number of sulfonamides is 1. The third kappa shape index (κ3) is 7.02. The number of rotatable bonds is 10. The summed E-state index contributed by atoms with van der Waals surface area (Å²) >= 11 is 1.39. The van der Waals surface area contributed by atoms with Gasteiger partial charge in [0, 0.05) is 30.1 Å². The summed E-state index contributed by atoms with van der Waals surface area (Å²) in [5.74, 6) is 1.61. The van der Waals surface area contributed by atoms with Crippen molar-refractivity contribution in [1.82, 2.24) is 14.6 Å². The number of pyridine rings is 1. The largest absolute Gasteiger partial charge is 0.457 e. The molecule has 0 bridgehead atoms. The summed E-state index contributed by atoms with van der Waals surface area (Å²) in [6.45, 7) is 8.98. The lowest BCUT2D eigenvalue weighted by molar-refractivity contribution is 0.135. The lowest BCUT2D eigenvalue weighted by atomic mass is 9.79. The minimum Gasteiger partial charge on any atom is -0.457 e. The third-order valence-corrected chi connectivity index (χ3v) is 12.4. The molecule has 2 saturated heterocycles. The van der Waals surface area contributed by atoms with Crippen molar-refractivity contribution >= 4 is 37.9 Å². The Morgan fingerprint density at radius 2 is 1.67 bits per heavy atom. The number of hydrogen-bond acceptors (Lipinski definition) is 6. The molecule has 0 saturated carbocycles. The Bertz CT molecular complexity index is 2100. The smallest absolute Gasteiger partial charge is 0.282 e. The number of fused-ring (bicyclic) bond motifs is 2. The summed E-state index contributed by atoms with van der Waals surface area (Å²) < 4.78 is 35.0. The topological polar surface area (TPSA) is 88.6 Å². The Kier molecular flexibility index (Phi) is 9.33. The van der Waals surface area contributed by atoms with Gasteiger partial charge in [0.25, 0.3) is 5.24 Å². The van der Waals surface area contributed by atoms with Crippen LogP contribution in [-0.2, 0) is 10.0 Å². The van der Waals surface area contributed by atoms with E-state index in [2.05, 4.69) is 42.5 Å². The summed E-state index contributed by atoms with van der Waals surface area (Å²) in [4.78, 5) is 20.8. The van der Waals surface area contributed by atoms with Crippen molar-refractivity contribution in [2.75, 3.05) is 13.1 Å². The number of thioether (sulfide) groups is 1. The number of nitrogens with one attached hydrogen (secondary N) is 1. The highest BCUT2D eigenvalue weighted by Gasteiger charge is 2.46. The van der Waals surface area contributed by atoms with Crippen LogP contribution in [0.15, 0.2) is 121 Å². The molecule has 49 heavy (non-hydrogen) atoms. The average molecular weight is 690 g/mol. The van der Waals surface area contributed by atoms with Crippen molar-refractivity contribution in [3.05, 3.63) is 132 Å². The molecule has 7 rings (SSSR count). The Morgan fingerprint density at radius 3 is 2.41 bits per heavy atom. The van der Waals surface area contributed by atoms with E-state index in [1.54, 1.807) is 24.3 Å². The number of aromatic nitrogens is 1. The van der Waals surface area contributed by atoms with Crippen LogP contribution in [0, 0.1) is 25.7 Å². The molecule has 250 valence electrons. The minimum absolute atomic E-state index is 0.0342. The van der Waals surface area contributed by atoms with Gasteiger partial charge < -0.3 is 9.64 Å². The molecule has 2 fully saturated rings. The maximum atomic E-state index is 13.5. The Hall–Kier alpha value is -4.44. The van der Waals surface area contributed by atoms with E-state index in [0.717, 1.165) is 63.2 Å². The zero-order valence-electron chi connectivity index (χ0n) is 27.6. The standard InChI is InChI=1S/C40H39N3O4S2/c1-4-28(25-41-49(45,46)33-17-10-26(2)11-18-33)30-20-21-43-38(23-30)39(48-40(43)44)35-24-37(42-36-19-12-27(3)22-34(35)36)29-13-15-32(16-14-29)47-31-8-6-5-7-9-31/h4-19,22,24,28,30,38-39,41H,1,20-21,23,25H2,2-3H3/t28-,30-,38-,39+/m0/s1. The van der Waals surface area contributed by atoms with Gasteiger partial charge in [-0.1, -0.05) is 65.4 Å². The normalized spacial score (nSPS) is 19.8. The third-order valence-electron chi connectivity index (χ3n) is 9.68. The number of ether oxygens (including phenoxy) is 1. The van der Waals surface area contributed by atoms with E-state index in [-0.39, 0.29) is 39.8 Å². The lowest BCUT2D eigenvalue weighted by Crippen LogP contribution is -2.44. The molecule has 0 spiro atoms. The zero-order chi connectivity index (χ0) is 34.1. The lowest BCUT2D eigenvalue weighted by Gasteiger charge is -2.39. The van der Waals surface area contributed by atoms with Crippen molar-refractivity contribution < 1.29 is 17.9 Å². The molecule has 1 aromatic heterocycles. The number of carbonyl (C=O) groups excluding carboxylic acids is 1. The number of amides is 1. The van der Waals surface area contributed by atoms with E-state index in [4.69, 9.17) is 9.72 Å². The summed E-state index contributed by atoms with van der Waals surface area (Å²) in [5, 5.41) is 1.04. The number of benzene rings is 4. The second-order valence-electron chi connectivity index (χ2n) is 13.0. The van der Waals surface area contributed by atoms with Gasteiger partial charge >= 0.3 is 0 Å². The van der Waals surface area contributed by atoms with E-state index < -0.39 is 10.0 Å². The van der Waals surface area contributed by atoms with Crippen molar-refractivity contribution in [3.63, 3.8) is 0 Å². The van der Waals surface area contributed by atoms with Crippen LogP contribution >= 0.6 is 11.8 Å². The van der Waals surface area contributed by atoms with E-state index in [1.807, 2.05) is 72.5 Å². The first-order valence-corrected chi connectivity index (χ1v) is 19.0. The predicted octanol–water partition coefficient (Wildman–Crippen LogP) is 9.08. The fourth-order valence-electron chi connectivity index (χ4n) is 6.97. The maximum absolute atomic E-state index is 13.5. The van der Waals surface area contributed by atoms with E-state index >= 15 is 0 Å². The van der Waals surface area contributed by atoms with Crippen LogP contribution in [0.25, 0.3) is 22.2 Å². The number of piperidine rings is 1. The van der Waals surface area contributed by atoms with Crippen LogP contribution in [0.5, 0.6) is 11.5 Å². The van der Waals surface area contributed by atoms with Gasteiger partial charge in [-0.3, -0.25) is 4.79 Å². The molecule has 0 aliphatic carbocycles. The molecule has 4 atom stereocenters.